The number of hydrogen-bond donors (Lipinski definition) is 1. The summed E-state index contributed by atoms with van der Waals surface area (Å²) in [5.41, 5.74) is 4.98. The SMILES string of the molecule is O=c1c2c([nH]n1-c1ccccn1)CCC(N1CCc3ccccc3C1)C2. The monoisotopic (exact) mass is 346 g/mol. The molecular weight excluding hydrogens is 324 g/mol. The van der Waals surface area contributed by atoms with Crippen LogP contribution < -0.4 is 5.56 Å². The molecule has 3 aromatic rings. The van der Waals surface area contributed by atoms with Gasteiger partial charge in [-0.3, -0.25) is 14.8 Å². The molecule has 26 heavy (non-hydrogen) atoms. The van der Waals surface area contributed by atoms with Gasteiger partial charge in [-0.2, -0.15) is 0 Å². The number of nitrogens with zero attached hydrogens (tertiary/aromatic N) is 3. The Morgan fingerprint density at radius 2 is 1.88 bits per heavy atom. The van der Waals surface area contributed by atoms with Crippen LogP contribution in [0.1, 0.15) is 28.8 Å². The molecule has 2 aromatic heterocycles. The second-order valence-corrected chi connectivity index (χ2v) is 7.28. The van der Waals surface area contributed by atoms with Gasteiger partial charge in [0, 0.05) is 36.6 Å². The van der Waals surface area contributed by atoms with Crippen LogP contribution in [0.25, 0.3) is 5.82 Å². The standard InChI is InChI=1S/C21H22N4O/c26-21-18-13-17(24-12-10-15-5-1-2-6-16(15)14-24)8-9-19(18)23-25(21)20-7-3-4-11-22-20/h1-7,11,17,23H,8-10,12-14H2. The van der Waals surface area contributed by atoms with E-state index in [-0.39, 0.29) is 5.56 Å². The Kier molecular flexibility index (Phi) is 3.75. The van der Waals surface area contributed by atoms with E-state index in [4.69, 9.17) is 0 Å². The van der Waals surface area contributed by atoms with Gasteiger partial charge in [0.25, 0.3) is 5.56 Å². The van der Waals surface area contributed by atoms with Crippen LogP contribution in [-0.2, 0) is 25.8 Å². The molecule has 1 aromatic carbocycles. The van der Waals surface area contributed by atoms with Crippen LogP contribution in [0.3, 0.4) is 0 Å². The average Bonchev–Trinajstić information content (AvgIpc) is 3.04. The van der Waals surface area contributed by atoms with Crippen molar-refractivity contribution < 1.29 is 0 Å². The number of hydrogen-bond acceptors (Lipinski definition) is 3. The molecular formula is C21H22N4O. The van der Waals surface area contributed by atoms with Crippen LogP contribution in [0, 0.1) is 0 Å². The van der Waals surface area contributed by atoms with Gasteiger partial charge in [0.15, 0.2) is 5.82 Å². The minimum absolute atomic E-state index is 0.0563. The van der Waals surface area contributed by atoms with E-state index in [1.54, 1.807) is 10.9 Å². The van der Waals surface area contributed by atoms with E-state index in [2.05, 4.69) is 39.2 Å². The normalized spacial score (nSPS) is 19.8. The number of pyridine rings is 1. The molecule has 3 heterocycles. The maximum absolute atomic E-state index is 12.9. The topological polar surface area (TPSA) is 53.9 Å². The molecule has 0 fully saturated rings. The van der Waals surface area contributed by atoms with Crippen molar-refractivity contribution in [1.29, 1.82) is 0 Å². The van der Waals surface area contributed by atoms with Gasteiger partial charge in [-0.15, -0.1) is 0 Å². The van der Waals surface area contributed by atoms with Crippen molar-refractivity contribution in [1.82, 2.24) is 19.7 Å². The molecule has 1 unspecified atom stereocenters. The Hall–Kier alpha value is -2.66. The van der Waals surface area contributed by atoms with E-state index in [0.717, 1.165) is 50.0 Å². The number of nitrogens with one attached hydrogen (secondary N) is 1. The molecule has 0 radical (unpaired) electrons. The van der Waals surface area contributed by atoms with Gasteiger partial charge in [0.2, 0.25) is 0 Å². The summed E-state index contributed by atoms with van der Waals surface area (Å²) in [6.45, 7) is 2.07. The lowest BCUT2D eigenvalue weighted by molar-refractivity contribution is 0.163. The highest BCUT2D eigenvalue weighted by Crippen LogP contribution is 2.27. The summed E-state index contributed by atoms with van der Waals surface area (Å²) in [5, 5.41) is 3.28. The molecule has 5 rings (SSSR count). The van der Waals surface area contributed by atoms with Crippen molar-refractivity contribution in [2.45, 2.75) is 38.3 Å². The van der Waals surface area contributed by atoms with Crippen molar-refractivity contribution in [3.8, 4) is 5.82 Å². The zero-order chi connectivity index (χ0) is 17.5. The summed E-state index contributed by atoms with van der Waals surface area (Å²) in [6, 6.07) is 14.8. The van der Waals surface area contributed by atoms with Crippen molar-refractivity contribution >= 4 is 0 Å². The second-order valence-electron chi connectivity index (χ2n) is 7.28. The molecule has 2 aliphatic rings. The molecule has 1 N–H and O–H groups in total. The first-order valence-electron chi connectivity index (χ1n) is 9.34. The van der Waals surface area contributed by atoms with E-state index in [1.165, 1.54) is 11.1 Å². The molecule has 0 spiro atoms. The van der Waals surface area contributed by atoms with E-state index in [0.29, 0.717) is 11.9 Å². The fraction of sp³-hybridized carbons (Fsp3) is 0.333. The van der Waals surface area contributed by atoms with Gasteiger partial charge in [-0.25, -0.2) is 9.67 Å². The van der Waals surface area contributed by atoms with Crippen LogP contribution in [0.15, 0.2) is 53.5 Å². The molecule has 0 saturated heterocycles. The first-order valence-corrected chi connectivity index (χ1v) is 9.34. The first-order chi connectivity index (χ1) is 12.8. The highest BCUT2D eigenvalue weighted by Gasteiger charge is 2.30. The molecule has 0 amide bonds. The molecule has 5 nitrogen and oxygen atoms in total. The minimum atomic E-state index is 0.0563. The van der Waals surface area contributed by atoms with E-state index in [1.807, 2.05) is 18.2 Å². The third-order valence-corrected chi connectivity index (χ3v) is 5.79. The number of fused-ring (bicyclic) bond motifs is 2. The molecule has 1 aliphatic carbocycles. The molecule has 132 valence electrons. The summed E-state index contributed by atoms with van der Waals surface area (Å²) in [5.74, 6) is 0.662. The number of aromatic amines is 1. The van der Waals surface area contributed by atoms with Crippen LogP contribution in [0.2, 0.25) is 0 Å². The lowest BCUT2D eigenvalue weighted by Gasteiger charge is -2.37. The molecule has 0 saturated carbocycles. The Morgan fingerprint density at radius 3 is 2.73 bits per heavy atom. The Balaban J connectivity index is 1.41. The summed E-state index contributed by atoms with van der Waals surface area (Å²) in [7, 11) is 0. The summed E-state index contributed by atoms with van der Waals surface area (Å²) in [6.07, 6.45) is 5.66. The largest absolute Gasteiger partial charge is 0.295 e. The van der Waals surface area contributed by atoms with Crippen LogP contribution in [-0.4, -0.2) is 32.3 Å². The van der Waals surface area contributed by atoms with Crippen LogP contribution in [0.4, 0.5) is 0 Å². The zero-order valence-electron chi connectivity index (χ0n) is 14.7. The summed E-state index contributed by atoms with van der Waals surface area (Å²) < 4.78 is 1.60. The molecule has 1 aliphatic heterocycles. The summed E-state index contributed by atoms with van der Waals surface area (Å²) in [4.78, 5) is 19.8. The smallest absolute Gasteiger partial charge is 0.276 e. The van der Waals surface area contributed by atoms with Gasteiger partial charge >= 0.3 is 0 Å². The molecule has 1 atom stereocenters. The number of aromatic nitrogens is 3. The fourth-order valence-corrected chi connectivity index (χ4v) is 4.37. The van der Waals surface area contributed by atoms with Gasteiger partial charge in [-0.1, -0.05) is 30.3 Å². The van der Waals surface area contributed by atoms with E-state index >= 15 is 0 Å². The Morgan fingerprint density at radius 1 is 1.04 bits per heavy atom. The number of benzene rings is 1. The summed E-state index contributed by atoms with van der Waals surface area (Å²) >= 11 is 0. The predicted octanol–water partition coefficient (Wildman–Crippen LogP) is 2.48. The maximum atomic E-state index is 12.9. The van der Waals surface area contributed by atoms with Crippen LogP contribution in [0.5, 0.6) is 0 Å². The average molecular weight is 346 g/mol. The van der Waals surface area contributed by atoms with E-state index in [9.17, 15) is 4.79 Å². The number of aryl methyl sites for hydroxylation is 1. The first kappa shape index (κ1) is 15.6. The fourth-order valence-electron chi connectivity index (χ4n) is 4.37. The zero-order valence-corrected chi connectivity index (χ0v) is 14.7. The van der Waals surface area contributed by atoms with Gasteiger partial charge in [0.05, 0.1) is 0 Å². The van der Waals surface area contributed by atoms with Crippen molar-refractivity contribution in [2.75, 3.05) is 6.54 Å². The third kappa shape index (κ3) is 2.59. The quantitative estimate of drug-likeness (QED) is 0.776. The van der Waals surface area contributed by atoms with Gasteiger partial charge in [-0.05, 0) is 48.9 Å². The van der Waals surface area contributed by atoms with Crippen molar-refractivity contribution in [3.05, 3.63) is 81.4 Å². The molecule has 0 bridgehead atoms. The van der Waals surface area contributed by atoms with Gasteiger partial charge < -0.3 is 0 Å². The minimum Gasteiger partial charge on any atom is -0.295 e. The Bertz CT molecular complexity index is 989. The second kappa shape index (κ2) is 6.25. The number of H-pyrrole nitrogens is 1. The van der Waals surface area contributed by atoms with E-state index < -0.39 is 0 Å². The van der Waals surface area contributed by atoms with Gasteiger partial charge in [0.1, 0.15) is 0 Å². The van der Waals surface area contributed by atoms with Crippen molar-refractivity contribution in [2.24, 2.45) is 0 Å². The third-order valence-electron chi connectivity index (χ3n) is 5.79. The van der Waals surface area contributed by atoms with Crippen molar-refractivity contribution in [3.63, 3.8) is 0 Å². The lowest BCUT2D eigenvalue weighted by Crippen LogP contribution is -2.43. The molecule has 5 heteroatoms. The highest BCUT2D eigenvalue weighted by molar-refractivity contribution is 5.31. The van der Waals surface area contributed by atoms with Crippen LogP contribution >= 0.6 is 0 Å². The number of rotatable bonds is 2. The highest BCUT2D eigenvalue weighted by atomic mass is 16.1. The lowest BCUT2D eigenvalue weighted by atomic mass is 9.90. The maximum Gasteiger partial charge on any atom is 0.276 e. The predicted molar refractivity (Wildman–Crippen MR) is 101 cm³/mol. The Labute approximate surface area is 152 Å².